The van der Waals surface area contributed by atoms with Gasteiger partial charge < -0.3 is 10.1 Å². The Labute approximate surface area is 180 Å². The molecule has 1 aliphatic heterocycles. The third-order valence-electron chi connectivity index (χ3n) is 5.49. The molecule has 1 unspecified atom stereocenters. The molecule has 2 aromatic rings. The van der Waals surface area contributed by atoms with E-state index in [0.29, 0.717) is 12.1 Å². The molecule has 30 heavy (non-hydrogen) atoms. The Morgan fingerprint density at radius 3 is 2.37 bits per heavy atom. The summed E-state index contributed by atoms with van der Waals surface area (Å²) in [6, 6.07) is 16.0. The van der Waals surface area contributed by atoms with E-state index in [1.807, 2.05) is 36.4 Å². The molecular weight excluding hydrogens is 374 g/mol. The molecule has 160 valence electrons. The van der Waals surface area contributed by atoms with Crippen molar-refractivity contribution in [2.75, 3.05) is 18.7 Å². The molecule has 2 aromatic carbocycles. The molecule has 0 saturated heterocycles. The van der Waals surface area contributed by atoms with Crippen molar-refractivity contribution in [3.05, 3.63) is 59.7 Å². The zero-order chi connectivity index (χ0) is 21.7. The molecule has 0 saturated carbocycles. The summed E-state index contributed by atoms with van der Waals surface area (Å²) in [4.78, 5) is 12.3. The van der Waals surface area contributed by atoms with Crippen molar-refractivity contribution in [2.24, 2.45) is 10.5 Å². The van der Waals surface area contributed by atoms with Crippen molar-refractivity contribution < 1.29 is 9.53 Å². The Kier molecular flexibility index (Phi) is 6.80. The Morgan fingerprint density at radius 1 is 1.13 bits per heavy atom. The number of amides is 1. The number of nitrogens with zero attached hydrogens (tertiary/aromatic N) is 2. The number of rotatable bonds is 7. The largest absolute Gasteiger partial charge is 0.497 e. The van der Waals surface area contributed by atoms with Gasteiger partial charge in [0.25, 0.3) is 5.91 Å². The summed E-state index contributed by atoms with van der Waals surface area (Å²) >= 11 is 0. The number of ether oxygens (including phenoxy) is 1. The lowest BCUT2D eigenvalue weighted by atomic mass is 9.86. The summed E-state index contributed by atoms with van der Waals surface area (Å²) in [7, 11) is 1.68. The van der Waals surface area contributed by atoms with Crippen LogP contribution < -0.4 is 15.1 Å². The summed E-state index contributed by atoms with van der Waals surface area (Å²) in [6.07, 6.45) is 2.93. The minimum Gasteiger partial charge on any atom is -0.497 e. The van der Waals surface area contributed by atoms with E-state index in [4.69, 9.17) is 9.84 Å². The predicted octanol–water partition coefficient (Wildman–Crippen LogP) is 5.58. The molecule has 1 amide bonds. The third kappa shape index (κ3) is 5.02. The van der Waals surface area contributed by atoms with Gasteiger partial charge in [0, 0.05) is 29.7 Å². The van der Waals surface area contributed by atoms with Gasteiger partial charge in [-0.1, -0.05) is 46.2 Å². The van der Waals surface area contributed by atoms with Crippen LogP contribution in [0.15, 0.2) is 53.6 Å². The van der Waals surface area contributed by atoms with Crippen molar-refractivity contribution in [1.82, 2.24) is 5.32 Å². The van der Waals surface area contributed by atoms with E-state index in [0.717, 1.165) is 30.7 Å². The van der Waals surface area contributed by atoms with Gasteiger partial charge in [0.1, 0.15) is 5.75 Å². The number of carbonyl (C=O) groups excluding carboxylic acids is 1. The average Bonchev–Trinajstić information content (AvgIpc) is 3.20. The highest BCUT2D eigenvalue weighted by Crippen LogP contribution is 2.39. The smallest absolute Gasteiger partial charge is 0.251 e. The van der Waals surface area contributed by atoms with Gasteiger partial charge in [0.15, 0.2) is 0 Å². The molecule has 0 aromatic heterocycles. The lowest BCUT2D eigenvalue weighted by molar-refractivity contribution is 0.0953. The van der Waals surface area contributed by atoms with Crippen molar-refractivity contribution >= 4 is 17.3 Å². The summed E-state index contributed by atoms with van der Waals surface area (Å²) < 4.78 is 5.31. The monoisotopic (exact) mass is 407 g/mol. The summed E-state index contributed by atoms with van der Waals surface area (Å²) in [5, 5.41) is 10.0. The maximum absolute atomic E-state index is 12.3. The van der Waals surface area contributed by atoms with E-state index in [1.165, 1.54) is 11.3 Å². The molecule has 0 fully saturated rings. The first kappa shape index (κ1) is 21.9. The van der Waals surface area contributed by atoms with Gasteiger partial charge in [-0.3, -0.25) is 9.80 Å². The zero-order valence-corrected chi connectivity index (χ0v) is 18.7. The van der Waals surface area contributed by atoms with E-state index < -0.39 is 0 Å². The molecule has 0 bridgehead atoms. The second-order valence-electron chi connectivity index (χ2n) is 8.79. The number of hydrogen-bond acceptors (Lipinski definition) is 4. The number of nitrogens with one attached hydrogen (secondary N) is 1. The first-order chi connectivity index (χ1) is 14.3. The molecule has 1 N–H and O–H groups in total. The lowest BCUT2D eigenvalue weighted by Crippen LogP contribution is -2.24. The van der Waals surface area contributed by atoms with Crippen molar-refractivity contribution in [1.29, 1.82) is 0 Å². The Bertz CT molecular complexity index is 880. The normalized spacial score (nSPS) is 16.4. The highest BCUT2D eigenvalue weighted by Gasteiger charge is 2.34. The lowest BCUT2D eigenvalue weighted by Gasteiger charge is -2.24. The van der Waals surface area contributed by atoms with Crippen LogP contribution in [0.3, 0.4) is 0 Å². The SMILES string of the molecule is CCCCNC(=O)c1ccc(N2N=C(C(C)(C)C)CC2c2ccc(OC)cc2)cc1. The van der Waals surface area contributed by atoms with E-state index in [2.05, 4.69) is 50.2 Å². The highest BCUT2D eigenvalue weighted by atomic mass is 16.5. The van der Waals surface area contributed by atoms with Crippen LogP contribution in [0.1, 0.15) is 68.9 Å². The van der Waals surface area contributed by atoms with Gasteiger partial charge >= 0.3 is 0 Å². The van der Waals surface area contributed by atoms with Crippen LogP contribution in [0.2, 0.25) is 0 Å². The molecule has 5 nitrogen and oxygen atoms in total. The van der Waals surface area contributed by atoms with Crippen LogP contribution in [0.5, 0.6) is 5.75 Å². The minimum atomic E-state index is -0.0259. The molecule has 0 radical (unpaired) electrons. The molecule has 3 rings (SSSR count). The second-order valence-corrected chi connectivity index (χ2v) is 8.79. The molecule has 1 aliphatic rings. The standard InChI is InChI=1S/C25H33N3O2/c1-6-7-16-26-24(29)19-8-12-20(13-9-19)28-22(17-23(27-28)25(2,3)4)18-10-14-21(30-5)15-11-18/h8-15,22H,6-7,16-17H2,1-5H3,(H,26,29). The van der Waals surface area contributed by atoms with Crippen LogP contribution in [0, 0.1) is 5.41 Å². The van der Waals surface area contributed by atoms with Crippen molar-refractivity contribution in [2.45, 2.75) is 53.0 Å². The molecule has 5 heteroatoms. The number of carbonyl (C=O) groups is 1. The minimum absolute atomic E-state index is 0.00141. The maximum atomic E-state index is 12.3. The van der Waals surface area contributed by atoms with E-state index >= 15 is 0 Å². The number of anilines is 1. The van der Waals surface area contributed by atoms with Gasteiger partial charge in [-0.15, -0.1) is 0 Å². The third-order valence-corrected chi connectivity index (χ3v) is 5.49. The van der Waals surface area contributed by atoms with E-state index in [9.17, 15) is 4.79 Å². The van der Waals surface area contributed by atoms with E-state index in [-0.39, 0.29) is 17.4 Å². The van der Waals surface area contributed by atoms with Gasteiger partial charge in [-0.25, -0.2) is 0 Å². The summed E-state index contributed by atoms with van der Waals surface area (Å²) in [6.45, 7) is 9.42. The first-order valence-electron chi connectivity index (χ1n) is 10.7. The second kappa shape index (κ2) is 9.33. The fourth-order valence-corrected chi connectivity index (χ4v) is 3.54. The number of hydrogen-bond donors (Lipinski definition) is 1. The van der Waals surface area contributed by atoms with Gasteiger partial charge in [0.05, 0.1) is 18.8 Å². The van der Waals surface area contributed by atoms with Crippen LogP contribution in [0.25, 0.3) is 0 Å². The molecular formula is C25H33N3O2. The van der Waals surface area contributed by atoms with Gasteiger partial charge in [0.2, 0.25) is 0 Å². The Morgan fingerprint density at radius 2 is 1.80 bits per heavy atom. The van der Waals surface area contributed by atoms with Gasteiger partial charge in [-0.2, -0.15) is 5.10 Å². The van der Waals surface area contributed by atoms with Crippen LogP contribution in [-0.2, 0) is 0 Å². The maximum Gasteiger partial charge on any atom is 0.251 e. The van der Waals surface area contributed by atoms with Crippen LogP contribution in [0.4, 0.5) is 5.69 Å². The molecule has 1 atom stereocenters. The summed E-state index contributed by atoms with van der Waals surface area (Å²) in [5.41, 5.74) is 4.03. The van der Waals surface area contributed by atoms with Crippen molar-refractivity contribution in [3.8, 4) is 5.75 Å². The molecule has 1 heterocycles. The predicted molar refractivity (Wildman–Crippen MR) is 123 cm³/mol. The fraction of sp³-hybridized carbons (Fsp3) is 0.440. The van der Waals surface area contributed by atoms with Gasteiger partial charge in [-0.05, 0) is 48.4 Å². The van der Waals surface area contributed by atoms with Crippen LogP contribution >= 0.6 is 0 Å². The molecule has 0 aliphatic carbocycles. The van der Waals surface area contributed by atoms with Crippen LogP contribution in [-0.4, -0.2) is 25.3 Å². The Balaban J connectivity index is 1.85. The molecule has 0 spiro atoms. The summed E-state index contributed by atoms with van der Waals surface area (Å²) in [5.74, 6) is 0.820. The highest BCUT2D eigenvalue weighted by molar-refractivity contribution is 5.95. The first-order valence-corrected chi connectivity index (χ1v) is 10.7. The number of benzene rings is 2. The number of hydrazone groups is 1. The van der Waals surface area contributed by atoms with Crippen molar-refractivity contribution in [3.63, 3.8) is 0 Å². The van der Waals surface area contributed by atoms with E-state index in [1.54, 1.807) is 7.11 Å². The Hall–Kier alpha value is -2.82. The quantitative estimate of drug-likeness (QED) is 0.610. The number of unbranched alkanes of at least 4 members (excludes halogenated alkanes) is 1. The number of methoxy groups -OCH3 is 1. The average molecular weight is 408 g/mol. The fourth-order valence-electron chi connectivity index (χ4n) is 3.54. The topological polar surface area (TPSA) is 53.9 Å². The zero-order valence-electron chi connectivity index (χ0n) is 18.7.